The summed E-state index contributed by atoms with van der Waals surface area (Å²) in [6.07, 6.45) is 5.18. The number of nitrogen functional groups attached to an aromatic ring is 1. The van der Waals surface area contributed by atoms with E-state index in [0.717, 1.165) is 63.7 Å². The van der Waals surface area contributed by atoms with Crippen LogP contribution in [0.15, 0.2) is 103 Å². The predicted octanol–water partition coefficient (Wildman–Crippen LogP) is 7.95. The Hall–Kier alpha value is -4.02. The number of benzene rings is 4. The number of carbonyl (C=O) groups excluding carboxylic acids is 1. The number of carbonyl (C=O) groups is 1. The normalized spacial score (nSPS) is 11.2. The first-order valence-electron chi connectivity index (χ1n) is 14.1. The molecule has 1 amide bonds. The minimum absolute atomic E-state index is 0.0109. The molecule has 0 aliphatic rings. The van der Waals surface area contributed by atoms with Crippen molar-refractivity contribution < 1.29 is 9.53 Å². The van der Waals surface area contributed by atoms with Gasteiger partial charge in [0.1, 0.15) is 23.0 Å². The average molecular weight is 667 g/mol. The fraction of sp³-hybridized carbons (Fsp3) is 0.200. The van der Waals surface area contributed by atoms with Crippen molar-refractivity contribution in [2.24, 2.45) is 5.73 Å². The van der Waals surface area contributed by atoms with Crippen molar-refractivity contribution in [3.63, 3.8) is 0 Å². The third-order valence-corrected chi connectivity index (χ3v) is 7.04. The van der Waals surface area contributed by atoms with Gasteiger partial charge in [-0.3, -0.25) is 10.2 Å². The van der Waals surface area contributed by atoms with Gasteiger partial charge in [-0.05, 0) is 54.6 Å². The number of amidine groups is 1. The van der Waals surface area contributed by atoms with Gasteiger partial charge in [0.15, 0.2) is 0 Å². The molecule has 1 heterocycles. The van der Waals surface area contributed by atoms with E-state index in [0.29, 0.717) is 17.8 Å². The van der Waals surface area contributed by atoms with E-state index in [1.165, 1.54) is 0 Å². The second kappa shape index (κ2) is 14.7. The molecule has 0 unspecified atom stereocenters. The van der Waals surface area contributed by atoms with Crippen LogP contribution in [0.25, 0.3) is 21.7 Å². The first kappa shape index (κ1) is 30.9. The molecule has 0 fully saturated rings. The zero-order valence-corrected chi connectivity index (χ0v) is 26.9. The molecule has 4 N–H and O–H groups in total. The Kier molecular flexibility index (Phi) is 10.9. The summed E-state index contributed by atoms with van der Waals surface area (Å²) in [7, 11) is 0. The molecule has 2 radical (unpaired) electrons. The van der Waals surface area contributed by atoms with Gasteiger partial charge in [-0.15, -0.1) is 0 Å². The van der Waals surface area contributed by atoms with Crippen LogP contribution in [0.2, 0.25) is 4.87 Å². The van der Waals surface area contributed by atoms with Crippen LogP contribution in [0.3, 0.4) is 0 Å². The standard InChI is InChI=1S/C34H34N4O2.CH3.Sb/c1-3-4-6-11-23(2)37-34(39)31-20-24-18-19-25(33(35)36)21-30(24)38(31)22-26-12-9-16-29-28(26)15-10-17-32(29)40-27-13-7-5-8-14-27;;/h5,7-21H,3-4,6,22H2,1-2H3,(H3,35,36)(H,37,39);1H3;/b23-11+;;. The van der Waals surface area contributed by atoms with Crippen LogP contribution in [0.5, 0.6) is 11.5 Å². The van der Waals surface area contributed by atoms with Crippen LogP contribution in [-0.4, -0.2) is 39.3 Å². The second-order valence-electron chi connectivity index (χ2n) is 9.97. The van der Waals surface area contributed by atoms with Gasteiger partial charge < -0.3 is 20.4 Å². The minimum atomic E-state index is -0.167. The Labute approximate surface area is 261 Å². The number of ether oxygens (including phenoxy) is 1. The van der Waals surface area contributed by atoms with Crippen molar-refractivity contribution in [1.82, 2.24) is 9.88 Å². The van der Waals surface area contributed by atoms with Crippen molar-refractivity contribution in [1.29, 1.82) is 5.41 Å². The Morgan fingerprint density at radius 1 is 0.976 bits per heavy atom. The zero-order valence-electron chi connectivity index (χ0n) is 24.4. The topological polar surface area (TPSA) is 93.1 Å². The summed E-state index contributed by atoms with van der Waals surface area (Å²) in [4.78, 5) is 15.6. The summed E-state index contributed by atoms with van der Waals surface area (Å²) in [6, 6.07) is 29.4. The van der Waals surface area contributed by atoms with Gasteiger partial charge in [-0.25, -0.2) is 0 Å². The van der Waals surface area contributed by atoms with Crippen LogP contribution < -0.4 is 15.8 Å². The molecule has 42 heavy (non-hydrogen) atoms. The molecule has 0 spiro atoms. The summed E-state index contributed by atoms with van der Waals surface area (Å²) in [5.74, 6) is 1.37. The van der Waals surface area contributed by atoms with Crippen molar-refractivity contribution >= 4 is 56.4 Å². The van der Waals surface area contributed by atoms with Crippen LogP contribution in [-0.2, 0) is 6.54 Å². The van der Waals surface area contributed by atoms with Crippen molar-refractivity contribution in [3.05, 3.63) is 120 Å². The maximum atomic E-state index is 13.5. The quantitative estimate of drug-likeness (QED) is 0.0611. The van der Waals surface area contributed by atoms with E-state index >= 15 is 0 Å². The summed E-state index contributed by atoms with van der Waals surface area (Å²) in [5, 5.41) is 14.0. The molecule has 4 aromatic carbocycles. The second-order valence-corrected chi connectivity index (χ2v) is 9.97. The van der Waals surface area contributed by atoms with E-state index in [2.05, 4.69) is 41.4 Å². The van der Waals surface area contributed by atoms with E-state index in [4.69, 9.17) is 15.9 Å². The summed E-state index contributed by atoms with van der Waals surface area (Å²) in [5.41, 5.74) is 9.72. The number of allylic oxidation sites excluding steroid dienone is 2. The van der Waals surface area contributed by atoms with E-state index in [-0.39, 0.29) is 11.7 Å². The molecular formula is C35H37N4O2Sb. The summed E-state index contributed by atoms with van der Waals surface area (Å²) < 4.78 is 8.24. The molecule has 0 saturated heterocycles. The summed E-state index contributed by atoms with van der Waals surface area (Å²) in [6.45, 7) is 4.53. The first-order valence-corrected chi connectivity index (χ1v) is 16.6. The van der Waals surface area contributed by atoms with Gasteiger partial charge in [-0.1, -0.05) is 86.5 Å². The van der Waals surface area contributed by atoms with E-state index in [1.807, 2.05) is 84.3 Å². The molecule has 7 heteroatoms. The Morgan fingerprint density at radius 2 is 1.71 bits per heavy atom. The van der Waals surface area contributed by atoms with Crippen molar-refractivity contribution in [2.45, 2.75) is 44.5 Å². The molecular weight excluding hydrogens is 630 g/mol. The van der Waals surface area contributed by atoms with Gasteiger partial charge in [0.2, 0.25) is 0 Å². The molecule has 6 nitrogen and oxygen atoms in total. The Bertz CT molecular complexity index is 1720. The van der Waals surface area contributed by atoms with E-state index in [1.54, 1.807) is 23.0 Å². The number of hydrogen-bond donors (Lipinski definition) is 3. The molecule has 0 atom stereocenters. The van der Waals surface area contributed by atoms with Gasteiger partial charge >= 0.3 is 27.9 Å². The Morgan fingerprint density at radius 3 is 2.45 bits per heavy atom. The van der Waals surface area contributed by atoms with Gasteiger partial charge in [0, 0.05) is 34.1 Å². The van der Waals surface area contributed by atoms with Gasteiger partial charge in [0.05, 0.1) is 0 Å². The van der Waals surface area contributed by atoms with Crippen LogP contribution in [0, 0.1) is 5.41 Å². The van der Waals surface area contributed by atoms with Crippen molar-refractivity contribution in [3.8, 4) is 11.5 Å². The molecule has 214 valence electrons. The number of hydrogen-bond acceptors (Lipinski definition) is 3. The van der Waals surface area contributed by atoms with Crippen LogP contribution in [0.1, 0.15) is 54.7 Å². The fourth-order valence-electron chi connectivity index (χ4n) is 4.96. The number of para-hydroxylation sites is 1. The van der Waals surface area contributed by atoms with Crippen LogP contribution in [0.4, 0.5) is 0 Å². The van der Waals surface area contributed by atoms with Gasteiger partial charge in [0.25, 0.3) is 5.91 Å². The maximum absolute atomic E-state index is 13.5. The van der Waals surface area contributed by atoms with Crippen molar-refractivity contribution in [2.75, 3.05) is 0 Å². The monoisotopic (exact) mass is 666 g/mol. The average Bonchev–Trinajstić information content (AvgIpc) is 3.37. The number of amides is 1. The molecule has 0 bridgehead atoms. The van der Waals surface area contributed by atoms with E-state index < -0.39 is 0 Å². The number of nitrogens with zero attached hydrogens (tertiary/aromatic N) is 1. The number of nitrogens with two attached hydrogens (primary N) is 1. The SMILES string of the molecule is CCCC/C=C(\C)NC(=O)c1cc2ccc(C(=N)N)cc2n1Cc1cccc2c(Oc3ccccc3)cccc12.[CH3][Sb]. The fourth-order valence-corrected chi connectivity index (χ4v) is 4.96. The number of nitrogens with one attached hydrogen (secondary N) is 2. The first-order chi connectivity index (χ1) is 20.4. The number of aromatic nitrogens is 1. The van der Waals surface area contributed by atoms with Gasteiger partial charge in [-0.2, -0.15) is 0 Å². The number of rotatable bonds is 10. The molecule has 5 rings (SSSR count). The molecule has 5 aromatic rings. The van der Waals surface area contributed by atoms with Crippen LogP contribution >= 0.6 is 0 Å². The molecule has 1 aromatic heterocycles. The number of fused-ring (bicyclic) bond motifs is 2. The Balaban J connectivity index is 0.00000198. The predicted molar refractivity (Wildman–Crippen MR) is 175 cm³/mol. The zero-order chi connectivity index (χ0) is 30.1. The molecule has 0 aliphatic carbocycles. The third kappa shape index (κ3) is 7.24. The summed E-state index contributed by atoms with van der Waals surface area (Å²) >= 11 is 1.75. The molecule has 0 saturated carbocycles. The van der Waals surface area contributed by atoms with E-state index in [9.17, 15) is 4.79 Å². The third-order valence-electron chi connectivity index (χ3n) is 7.04. The number of unbranched alkanes of at least 4 members (excludes halogenated alkanes) is 2. The molecule has 0 aliphatic heterocycles.